The van der Waals surface area contributed by atoms with Gasteiger partial charge in [0.2, 0.25) is 0 Å². The third-order valence-electron chi connectivity index (χ3n) is 1.98. The fourth-order valence-electron chi connectivity index (χ4n) is 1.25. The maximum absolute atomic E-state index is 10.8. The average molecular weight is 192 g/mol. The Balaban J connectivity index is 2.61. The van der Waals surface area contributed by atoms with Gasteiger partial charge in [-0.1, -0.05) is 6.07 Å². The van der Waals surface area contributed by atoms with Crippen molar-refractivity contribution in [2.75, 3.05) is 0 Å². The molecule has 1 aromatic heterocycles. The van der Waals surface area contributed by atoms with Crippen molar-refractivity contribution in [3.63, 3.8) is 0 Å². The molecule has 2 rings (SSSR count). The summed E-state index contributed by atoms with van der Waals surface area (Å²) >= 11 is 0. The van der Waals surface area contributed by atoms with Gasteiger partial charge < -0.3 is 14.9 Å². The Morgan fingerprint density at radius 1 is 1.50 bits per heavy atom. The number of H-pyrrole nitrogens is 1. The number of hydrogen-bond acceptors (Lipinski definition) is 4. The summed E-state index contributed by atoms with van der Waals surface area (Å²) in [7, 11) is 0. The highest BCUT2D eigenvalue weighted by molar-refractivity contribution is 5.74. The van der Waals surface area contributed by atoms with Crippen LogP contribution in [0, 0.1) is 0 Å². The molecule has 1 aromatic carbocycles. The van der Waals surface area contributed by atoms with Crippen LogP contribution in [0.1, 0.15) is 11.6 Å². The number of fused-ring (bicyclic) bond motifs is 1. The summed E-state index contributed by atoms with van der Waals surface area (Å²) in [5, 5.41) is 0. The zero-order chi connectivity index (χ0) is 10.1. The van der Waals surface area contributed by atoms with E-state index >= 15 is 0 Å². The summed E-state index contributed by atoms with van der Waals surface area (Å²) in [6, 6.07) is 4.22. The van der Waals surface area contributed by atoms with Crippen LogP contribution in [0.15, 0.2) is 27.4 Å². The minimum atomic E-state index is -0.681. The lowest BCUT2D eigenvalue weighted by atomic mass is 10.1. The largest absolute Gasteiger partial charge is 0.417 e. The molecule has 0 spiro atoms. The van der Waals surface area contributed by atoms with Gasteiger partial charge in [0.25, 0.3) is 0 Å². The van der Waals surface area contributed by atoms with Gasteiger partial charge in [0.1, 0.15) is 6.29 Å². The predicted octanol–water partition coefficient (Wildman–Crippen LogP) is 0.320. The standard InChI is InChI=1S/C9H8N2O3/c10-6(4-12)5-1-2-7-8(3-5)14-9(13)11-7/h1-4,6H,10H2,(H,11,13). The number of carbonyl (C=O) groups excluding carboxylic acids is 1. The topological polar surface area (TPSA) is 89.1 Å². The minimum absolute atomic E-state index is 0.407. The summed E-state index contributed by atoms with van der Waals surface area (Å²) in [5.41, 5.74) is 7.12. The van der Waals surface area contributed by atoms with Crippen molar-refractivity contribution in [1.29, 1.82) is 0 Å². The number of rotatable bonds is 2. The predicted molar refractivity (Wildman–Crippen MR) is 49.8 cm³/mol. The van der Waals surface area contributed by atoms with E-state index in [4.69, 9.17) is 10.2 Å². The van der Waals surface area contributed by atoms with Crippen LogP contribution in [0.25, 0.3) is 11.1 Å². The lowest BCUT2D eigenvalue weighted by molar-refractivity contribution is -0.109. The second-order valence-electron chi connectivity index (χ2n) is 2.93. The van der Waals surface area contributed by atoms with Crippen LogP contribution < -0.4 is 11.5 Å². The van der Waals surface area contributed by atoms with Gasteiger partial charge >= 0.3 is 5.76 Å². The molecule has 72 valence electrons. The fourth-order valence-corrected chi connectivity index (χ4v) is 1.25. The highest BCUT2D eigenvalue weighted by Crippen LogP contribution is 2.15. The molecule has 5 nitrogen and oxygen atoms in total. The second kappa shape index (κ2) is 3.12. The van der Waals surface area contributed by atoms with Gasteiger partial charge in [-0.05, 0) is 17.7 Å². The first-order chi connectivity index (χ1) is 6.70. The SMILES string of the molecule is NC(C=O)c1ccc2[nH]c(=O)oc2c1. The summed E-state index contributed by atoms with van der Waals surface area (Å²) in [5.74, 6) is -0.517. The maximum Gasteiger partial charge on any atom is 0.417 e. The molecule has 14 heavy (non-hydrogen) atoms. The van der Waals surface area contributed by atoms with Crippen molar-refractivity contribution in [2.45, 2.75) is 6.04 Å². The van der Waals surface area contributed by atoms with Crippen LogP contribution >= 0.6 is 0 Å². The molecule has 0 aliphatic carbocycles. The highest BCUT2D eigenvalue weighted by atomic mass is 16.4. The van der Waals surface area contributed by atoms with Crippen LogP contribution in [-0.4, -0.2) is 11.3 Å². The molecule has 0 amide bonds. The van der Waals surface area contributed by atoms with E-state index in [-0.39, 0.29) is 0 Å². The number of aldehydes is 1. The Morgan fingerprint density at radius 2 is 2.29 bits per heavy atom. The number of carbonyl (C=O) groups is 1. The van der Waals surface area contributed by atoms with Gasteiger partial charge in [0, 0.05) is 0 Å². The number of hydrogen-bond donors (Lipinski definition) is 2. The normalized spacial score (nSPS) is 12.9. The molecule has 2 aromatic rings. The quantitative estimate of drug-likeness (QED) is 0.670. The van der Waals surface area contributed by atoms with Gasteiger partial charge in [0.05, 0.1) is 11.6 Å². The molecule has 5 heteroatoms. The first-order valence-corrected chi connectivity index (χ1v) is 4.04. The number of aromatic amines is 1. The summed E-state index contributed by atoms with van der Waals surface area (Å²) < 4.78 is 4.82. The van der Waals surface area contributed by atoms with Crippen LogP contribution in [0.4, 0.5) is 0 Å². The van der Waals surface area contributed by atoms with Crippen LogP contribution in [-0.2, 0) is 4.79 Å². The highest BCUT2D eigenvalue weighted by Gasteiger charge is 2.07. The molecule has 1 unspecified atom stereocenters. The number of benzene rings is 1. The van der Waals surface area contributed by atoms with E-state index in [0.717, 1.165) is 0 Å². The summed E-state index contributed by atoms with van der Waals surface area (Å²) in [6.07, 6.45) is 0.631. The first-order valence-electron chi connectivity index (χ1n) is 4.04. The van der Waals surface area contributed by atoms with Gasteiger partial charge in [0.15, 0.2) is 5.58 Å². The molecule has 0 saturated carbocycles. The third-order valence-corrected chi connectivity index (χ3v) is 1.98. The molecule has 0 radical (unpaired) electrons. The second-order valence-corrected chi connectivity index (χ2v) is 2.93. The van der Waals surface area contributed by atoms with E-state index < -0.39 is 11.8 Å². The zero-order valence-electron chi connectivity index (χ0n) is 7.19. The monoisotopic (exact) mass is 192 g/mol. The molecule has 1 heterocycles. The maximum atomic E-state index is 10.8. The lowest BCUT2D eigenvalue weighted by Gasteiger charge is -2.02. The summed E-state index contributed by atoms with van der Waals surface area (Å²) in [4.78, 5) is 23.7. The minimum Gasteiger partial charge on any atom is -0.408 e. The third kappa shape index (κ3) is 1.33. The molecule has 0 bridgehead atoms. The molecule has 0 aliphatic heterocycles. The molecule has 0 aliphatic rings. The Morgan fingerprint density at radius 3 is 3.00 bits per heavy atom. The van der Waals surface area contributed by atoms with Crippen molar-refractivity contribution in [1.82, 2.24) is 4.98 Å². The van der Waals surface area contributed by atoms with Crippen molar-refractivity contribution in [3.8, 4) is 0 Å². The van der Waals surface area contributed by atoms with Crippen LogP contribution in [0.2, 0.25) is 0 Å². The van der Waals surface area contributed by atoms with Gasteiger partial charge in [-0.15, -0.1) is 0 Å². The van der Waals surface area contributed by atoms with Crippen molar-refractivity contribution < 1.29 is 9.21 Å². The Kier molecular flexibility index (Phi) is 1.94. The lowest BCUT2D eigenvalue weighted by Crippen LogP contribution is -2.10. The van der Waals surface area contributed by atoms with E-state index in [1.807, 2.05) is 0 Å². The van der Waals surface area contributed by atoms with E-state index in [1.54, 1.807) is 18.2 Å². The Labute approximate surface area is 78.5 Å². The molecule has 3 N–H and O–H groups in total. The Bertz CT molecular complexity index is 526. The number of nitrogens with one attached hydrogen (secondary N) is 1. The molecule has 1 atom stereocenters. The van der Waals surface area contributed by atoms with E-state index in [9.17, 15) is 9.59 Å². The fraction of sp³-hybridized carbons (Fsp3) is 0.111. The number of oxazole rings is 1. The van der Waals surface area contributed by atoms with Crippen molar-refractivity contribution >= 4 is 17.4 Å². The van der Waals surface area contributed by atoms with Crippen molar-refractivity contribution in [2.24, 2.45) is 5.73 Å². The molecule has 0 fully saturated rings. The average Bonchev–Trinajstić information content (AvgIpc) is 2.55. The molecule has 0 saturated heterocycles. The first kappa shape index (κ1) is 8.71. The van der Waals surface area contributed by atoms with Gasteiger partial charge in [-0.25, -0.2) is 4.79 Å². The summed E-state index contributed by atoms with van der Waals surface area (Å²) in [6.45, 7) is 0. The molecular weight excluding hydrogens is 184 g/mol. The van der Waals surface area contributed by atoms with E-state index in [0.29, 0.717) is 22.9 Å². The van der Waals surface area contributed by atoms with E-state index in [2.05, 4.69) is 4.98 Å². The smallest absolute Gasteiger partial charge is 0.408 e. The molecular formula is C9H8N2O3. The Hall–Kier alpha value is -1.88. The van der Waals surface area contributed by atoms with Crippen LogP contribution in [0.3, 0.4) is 0 Å². The van der Waals surface area contributed by atoms with Gasteiger partial charge in [-0.2, -0.15) is 0 Å². The van der Waals surface area contributed by atoms with Gasteiger partial charge in [-0.3, -0.25) is 4.98 Å². The van der Waals surface area contributed by atoms with Crippen LogP contribution in [0.5, 0.6) is 0 Å². The number of aromatic nitrogens is 1. The van der Waals surface area contributed by atoms with E-state index in [1.165, 1.54) is 0 Å². The van der Waals surface area contributed by atoms with Crippen molar-refractivity contribution in [3.05, 3.63) is 34.3 Å². The zero-order valence-corrected chi connectivity index (χ0v) is 7.19. The number of nitrogens with two attached hydrogens (primary N) is 1.